The van der Waals surface area contributed by atoms with Crippen LogP contribution in [-0.2, 0) is 12.8 Å². The largest absolute Gasteiger partial charge is 0.352 e. The number of piperazine rings is 1. The summed E-state index contributed by atoms with van der Waals surface area (Å²) in [6.07, 6.45) is 11.8. The number of nitrogens with zero attached hydrogens (tertiary/aromatic N) is 5. The van der Waals surface area contributed by atoms with Gasteiger partial charge in [0.15, 0.2) is 0 Å². The highest BCUT2D eigenvalue weighted by atomic mass is 15.4. The third kappa shape index (κ3) is 3.53. The molecule has 0 atom stereocenters. The fourth-order valence-corrected chi connectivity index (χ4v) is 5.72. The molecule has 0 aromatic carbocycles. The lowest BCUT2D eigenvalue weighted by Crippen LogP contribution is -2.64. The van der Waals surface area contributed by atoms with Gasteiger partial charge in [0.25, 0.3) is 0 Å². The lowest BCUT2D eigenvalue weighted by atomic mass is 9.93. The third-order valence-corrected chi connectivity index (χ3v) is 7.52. The maximum atomic E-state index is 9.62. The number of hydrogen-bond donors (Lipinski definition) is 0. The molecule has 1 saturated carbocycles. The SMILES string of the molecule is N#Cc1cc2c(nc1N1CC(N3CCN(C4CCCCC4)CC3)C1)CCCC2. The summed E-state index contributed by atoms with van der Waals surface area (Å²) in [4.78, 5) is 12.7. The van der Waals surface area contributed by atoms with Crippen LogP contribution in [0.25, 0.3) is 0 Å². The molecule has 0 spiro atoms. The molecule has 150 valence electrons. The number of anilines is 1. The first-order valence-electron chi connectivity index (χ1n) is 11.5. The van der Waals surface area contributed by atoms with Crippen molar-refractivity contribution in [2.45, 2.75) is 69.9 Å². The summed E-state index contributed by atoms with van der Waals surface area (Å²) < 4.78 is 0. The van der Waals surface area contributed by atoms with Crippen molar-refractivity contribution in [3.63, 3.8) is 0 Å². The summed E-state index contributed by atoms with van der Waals surface area (Å²) in [5.74, 6) is 0.945. The minimum atomic E-state index is 0.637. The zero-order chi connectivity index (χ0) is 18.9. The van der Waals surface area contributed by atoms with Crippen molar-refractivity contribution in [3.8, 4) is 6.07 Å². The molecule has 28 heavy (non-hydrogen) atoms. The fourth-order valence-electron chi connectivity index (χ4n) is 5.72. The first-order valence-corrected chi connectivity index (χ1v) is 11.5. The zero-order valence-electron chi connectivity index (χ0n) is 17.1. The highest BCUT2D eigenvalue weighted by Crippen LogP contribution is 2.31. The molecule has 0 amide bonds. The van der Waals surface area contributed by atoms with Crippen molar-refractivity contribution in [3.05, 3.63) is 22.9 Å². The average molecular weight is 380 g/mol. The first-order chi connectivity index (χ1) is 13.8. The summed E-state index contributed by atoms with van der Waals surface area (Å²) in [7, 11) is 0. The van der Waals surface area contributed by atoms with Crippen molar-refractivity contribution in [2.24, 2.45) is 0 Å². The molecule has 3 heterocycles. The van der Waals surface area contributed by atoms with Gasteiger partial charge in [-0.25, -0.2) is 4.98 Å². The van der Waals surface area contributed by atoms with Gasteiger partial charge in [-0.2, -0.15) is 5.26 Å². The molecule has 0 radical (unpaired) electrons. The van der Waals surface area contributed by atoms with Gasteiger partial charge in [-0.1, -0.05) is 19.3 Å². The van der Waals surface area contributed by atoms with Crippen LogP contribution in [0.1, 0.15) is 61.8 Å². The van der Waals surface area contributed by atoms with Gasteiger partial charge >= 0.3 is 0 Å². The van der Waals surface area contributed by atoms with E-state index in [0.29, 0.717) is 6.04 Å². The molecule has 1 aromatic rings. The van der Waals surface area contributed by atoms with E-state index in [2.05, 4.69) is 26.8 Å². The molecular formula is C23H33N5. The molecule has 0 bridgehead atoms. The number of hydrogen-bond acceptors (Lipinski definition) is 5. The van der Waals surface area contributed by atoms with Crippen molar-refractivity contribution in [1.82, 2.24) is 14.8 Å². The Kier molecular flexibility index (Phi) is 5.26. The Morgan fingerprint density at radius 2 is 1.54 bits per heavy atom. The van der Waals surface area contributed by atoms with Gasteiger partial charge in [0.05, 0.1) is 5.56 Å². The Labute approximate surface area is 169 Å². The summed E-state index contributed by atoms with van der Waals surface area (Å²) in [5.41, 5.74) is 3.33. The van der Waals surface area contributed by atoms with Crippen LogP contribution < -0.4 is 4.90 Å². The summed E-state index contributed by atoms with van der Waals surface area (Å²) in [6, 6.07) is 6.02. The zero-order valence-corrected chi connectivity index (χ0v) is 17.1. The second-order valence-corrected chi connectivity index (χ2v) is 9.21. The Morgan fingerprint density at radius 1 is 0.857 bits per heavy atom. The van der Waals surface area contributed by atoms with Crippen LogP contribution in [0.3, 0.4) is 0 Å². The van der Waals surface area contributed by atoms with Crippen molar-refractivity contribution >= 4 is 5.82 Å². The number of nitriles is 1. The van der Waals surface area contributed by atoms with E-state index in [1.807, 2.05) is 0 Å². The molecular weight excluding hydrogens is 346 g/mol. The van der Waals surface area contributed by atoms with E-state index < -0.39 is 0 Å². The maximum Gasteiger partial charge on any atom is 0.146 e. The fraction of sp³-hybridized carbons (Fsp3) is 0.739. The normalized spacial score (nSPS) is 25.2. The van der Waals surface area contributed by atoms with E-state index in [0.717, 1.165) is 43.4 Å². The van der Waals surface area contributed by atoms with Crippen molar-refractivity contribution in [1.29, 1.82) is 5.26 Å². The molecule has 2 aliphatic heterocycles. The number of aromatic nitrogens is 1. The molecule has 5 heteroatoms. The highest BCUT2D eigenvalue weighted by molar-refractivity contribution is 5.58. The van der Waals surface area contributed by atoms with Crippen LogP contribution in [-0.4, -0.2) is 66.1 Å². The minimum Gasteiger partial charge on any atom is -0.352 e. The monoisotopic (exact) mass is 379 g/mol. The molecule has 2 aliphatic carbocycles. The lowest BCUT2D eigenvalue weighted by molar-refractivity contribution is 0.0487. The van der Waals surface area contributed by atoms with Gasteiger partial charge in [0.2, 0.25) is 0 Å². The van der Waals surface area contributed by atoms with Crippen LogP contribution in [0.15, 0.2) is 6.07 Å². The quantitative estimate of drug-likeness (QED) is 0.808. The van der Waals surface area contributed by atoms with E-state index in [1.165, 1.54) is 82.4 Å². The van der Waals surface area contributed by atoms with Gasteiger partial charge in [0, 0.05) is 57.0 Å². The summed E-state index contributed by atoms with van der Waals surface area (Å²) in [6.45, 7) is 6.95. The van der Waals surface area contributed by atoms with Gasteiger partial charge in [-0.3, -0.25) is 9.80 Å². The van der Waals surface area contributed by atoms with Gasteiger partial charge in [-0.15, -0.1) is 0 Å². The Morgan fingerprint density at radius 3 is 2.25 bits per heavy atom. The number of fused-ring (bicyclic) bond motifs is 1. The number of aryl methyl sites for hydroxylation is 2. The average Bonchev–Trinajstić information content (AvgIpc) is 2.73. The molecule has 0 unspecified atom stereocenters. The number of rotatable bonds is 3. The van der Waals surface area contributed by atoms with Crippen molar-refractivity contribution < 1.29 is 0 Å². The van der Waals surface area contributed by atoms with E-state index >= 15 is 0 Å². The third-order valence-electron chi connectivity index (χ3n) is 7.52. The first kappa shape index (κ1) is 18.4. The van der Waals surface area contributed by atoms with Gasteiger partial charge in [-0.05, 0) is 50.2 Å². The van der Waals surface area contributed by atoms with Crippen LogP contribution in [0.2, 0.25) is 0 Å². The van der Waals surface area contributed by atoms with Crippen molar-refractivity contribution in [2.75, 3.05) is 44.2 Å². The molecule has 2 saturated heterocycles. The molecule has 5 rings (SSSR count). The van der Waals surface area contributed by atoms with Crippen LogP contribution in [0.4, 0.5) is 5.82 Å². The topological polar surface area (TPSA) is 46.4 Å². The molecule has 1 aromatic heterocycles. The van der Waals surface area contributed by atoms with Gasteiger partial charge in [0.1, 0.15) is 11.9 Å². The smallest absolute Gasteiger partial charge is 0.146 e. The lowest BCUT2D eigenvalue weighted by Gasteiger charge is -2.50. The number of pyridine rings is 1. The predicted molar refractivity (Wildman–Crippen MR) is 112 cm³/mol. The molecule has 0 N–H and O–H groups in total. The highest BCUT2D eigenvalue weighted by Gasteiger charge is 2.36. The molecule has 4 aliphatic rings. The van der Waals surface area contributed by atoms with Crippen LogP contribution in [0, 0.1) is 11.3 Å². The molecule has 5 nitrogen and oxygen atoms in total. The van der Waals surface area contributed by atoms with Gasteiger partial charge < -0.3 is 4.90 Å². The molecule has 3 fully saturated rings. The predicted octanol–water partition coefficient (Wildman–Crippen LogP) is 2.97. The second kappa shape index (κ2) is 8.00. The maximum absolute atomic E-state index is 9.62. The minimum absolute atomic E-state index is 0.637. The van der Waals surface area contributed by atoms with E-state index in [-0.39, 0.29) is 0 Å². The van der Waals surface area contributed by atoms with E-state index in [1.54, 1.807) is 0 Å². The Balaban J connectivity index is 1.18. The van der Waals surface area contributed by atoms with E-state index in [4.69, 9.17) is 4.98 Å². The second-order valence-electron chi connectivity index (χ2n) is 9.21. The van der Waals surface area contributed by atoms with Crippen LogP contribution in [0.5, 0.6) is 0 Å². The van der Waals surface area contributed by atoms with E-state index in [9.17, 15) is 5.26 Å². The Hall–Kier alpha value is -1.64. The standard InChI is InChI=1S/C23H33N5/c24-15-19-14-18-6-4-5-9-22(18)25-23(19)28-16-21(17-28)27-12-10-26(11-13-27)20-7-2-1-3-8-20/h14,20-21H,1-13,16-17H2. The Bertz CT molecular complexity index is 734. The summed E-state index contributed by atoms with van der Waals surface area (Å²) in [5, 5.41) is 9.62. The summed E-state index contributed by atoms with van der Waals surface area (Å²) >= 11 is 0. The van der Waals surface area contributed by atoms with Crippen LogP contribution >= 0.6 is 0 Å².